The van der Waals surface area contributed by atoms with Crippen molar-refractivity contribution in [3.8, 4) is 0 Å². The summed E-state index contributed by atoms with van der Waals surface area (Å²) in [4.78, 5) is 15.8. The number of hydrogen-bond donors (Lipinski definition) is 2. The molecule has 2 aliphatic heterocycles. The molecule has 2 N–H and O–H groups in total. The van der Waals surface area contributed by atoms with E-state index in [9.17, 15) is 13.6 Å². The quantitative estimate of drug-likeness (QED) is 0.849. The highest BCUT2D eigenvalue weighted by Gasteiger charge is 2.21. The van der Waals surface area contributed by atoms with Gasteiger partial charge in [0.05, 0.1) is 12.3 Å². The number of halogens is 2. The Hall–Kier alpha value is -2.74. The van der Waals surface area contributed by atoms with Crippen molar-refractivity contribution in [3.63, 3.8) is 0 Å². The smallest absolute Gasteiger partial charge is 0.224 e. The first-order chi connectivity index (χ1) is 13.1. The zero-order valence-electron chi connectivity index (χ0n) is 14.3. The molecule has 27 heavy (non-hydrogen) atoms. The Bertz CT molecular complexity index is 957. The number of aliphatic imine (C=N–C) groups is 1. The lowest BCUT2D eigenvalue weighted by Crippen LogP contribution is -2.27. The minimum absolute atomic E-state index is 0.0936. The number of nitrogens with one attached hydrogen (secondary N) is 2. The van der Waals surface area contributed by atoms with Crippen molar-refractivity contribution in [3.05, 3.63) is 64.7 Å². The molecule has 0 fully saturated rings. The first-order valence-corrected chi connectivity index (χ1v) is 9.44. The van der Waals surface area contributed by atoms with Crippen LogP contribution in [0.3, 0.4) is 0 Å². The van der Waals surface area contributed by atoms with Crippen LogP contribution in [0.15, 0.2) is 46.5 Å². The van der Waals surface area contributed by atoms with Crippen LogP contribution in [0.1, 0.15) is 23.1 Å². The number of nitrogens with zero attached hydrogens (tertiary/aromatic N) is 2. The average Bonchev–Trinajstić information content (AvgIpc) is 2.67. The molecule has 0 radical (unpaired) electrons. The molecule has 138 valence electrons. The molecule has 0 bridgehead atoms. The summed E-state index contributed by atoms with van der Waals surface area (Å²) < 4.78 is 27.4. The lowest BCUT2D eigenvalue weighted by Gasteiger charge is -2.20. The summed E-state index contributed by atoms with van der Waals surface area (Å²) in [5.74, 6) is -0.303. The van der Waals surface area contributed by atoms with Crippen molar-refractivity contribution < 1.29 is 13.6 Å². The second-order valence-electron chi connectivity index (χ2n) is 6.24. The average molecular weight is 386 g/mol. The minimum atomic E-state index is -0.413. The van der Waals surface area contributed by atoms with E-state index in [1.54, 1.807) is 18.2 Å². The van der Waals surface area contributed by atoms with Gasteiger partial charge >= 0.3 is 0 Å². The normalized spacial score (nSPS) is 17.8. The maximum atomic E-state index is 14.5. The predicted octanol–water partition coefficient (Wildman–Crippen LogP) is 3.45. The maximum Gasteiger partial charge on any atom is 0.224 e. The maximum absolute atomic E-state index is 14.5. The molecule has 4 rings (SSSR count). The van der Waals surface area contributed by atoms with Gasteiger partial charge in [0.2, 0.25) is 5.91 Å². The number of anilines is 1. The molecule has 1 amide bonds. The molecule has 0 saturated carbocycles. The standard InChI is InChI=1S/C19H16F2N4OS/c20-13-4-1-11(2-5-13)9-22-19-25-24-17(10-27-19)14-7-12-3-6-18(26)23-16(12)8-15(14)21/h1-2,4-5,7-8H,3,6,9-10H2,(H,22,25)(H,23,26). The molecule has 0 aliphatic carbocycles. The Morgan fingerprint density at radius 1 is 1.15 bits per heavy atom. The molecule has 0 spiro atoms. The summed E-state index contributed by atoms with van der Waals surface area (Å²) in [6.45, 7) is 0.410. The number of amides is 1. The summed E-state index contributed by atoms with van der Waals surface area (Å²) in [6, 6.07) is 9.27. The van der Waals surface area contributed by atoms with E-state index in [1.807, 2.05) is 0 Å². The minimum Gasteiger partial charge on any atom is -0.326 e. The number of aryl methyl sites for hydroxylation is 1. The fourth-order valence-electron chi connectivity index (χ4n) is 2.91. The number of amidine groups is 1. The Balaban J connectivity index is 1.48. The second kappa shape index (κ2) is 7.48. The topological polar surface area (TPSA) is 65.8 Å². The molecule has 0 saturated heterocycles. The number of benzene rings is 2. The molecule has 0 unspecified atom stereocenters. The second-order valence-corrected chi connectivity index (χ2v) is 7.21. The van der Waals surface area contributed by atoms with E-state index in [0.29, 0.717) is 47.3 Å². The zero-order chi connectivity index (χ0) is 18.8. The van der Waals surface area contributed by atoms with Crippen molar-refractivity contribution in [1.29, 1.82) is 0 Å². The molecule has 0 atom stereocenters. The number of carbonyl (C=O) groups excluding carboxylic acids is 1. The van der Waals surface area contributed by atoms with E-state index < -0.39 is 5.82 Å². The van der Waals surface area contributed by atoms with E-state index in [0.717, 1.165) is 11.1 Å². The van der Waals surface area contributed by atoms with Gasteiger partial charge in [-0.3, -0.25) is 15.2 Å². The van der Waals surface area contributed by atoms with Crippen LogP contribution in [0.25, 0.3) is 0 Å². The highest BCUT2D eigenvalue weighted by Crippen LogP contribution is 2.27. The summed E-state index contributed by atoms with van der Waals surface area (Å²) in [5.41, 5.74) is 6.22. The fraction of sp³-hybridized carbons (Fsp3) is 0.211. The van der Waals surface area contributed by atoms with Crippen molar-refractivity contribution in [2.24, 2.45) is 10.1 Å². The molecule has 2 aromatic carbocycles. The van der Waals surface area contributed by atoms with Gasteiger partial charge in [-0.15, -0.1) is 0 Å². The SMILES string of the molecule is O=C1CCc2cc(C3=NNC(=NCc4ccc(F)cc4)SC3)c(F)cc2N1. The molecule has 2 aliphatic rings. The number of fused-ring (bicyclic) bond motifs is 1. The van der Waals surface area contributed by atoms with E-state index in [4.69, 9.17) is 0 Å². The van der Waals surface area contributed by atoms with Crippen LogP contribution in [0, 0.1) is 11.6 Å². The van der Waals surface area contributed by atoms with Gasteiger partial charge in [-0.2, -0.15) is 5.10 Å². The van der Waals surface area contributed by atoms with Gasteiger partial charge in [-0.1, -0.05) is 23.9 Å². The van der Waals surface area contributed by atoms with Crippen LogP contribution in [0.2, 0.25) is 0 Å². The van der Waals surface area contributed by atoms with E-state index in [2.05, 4.69) is 20.8 Å². The van der Waals surface area contributed by atoms with E-state index >= 15 is 0 Å². The van der Waals surface area contributed by atoms with Gasteiger partial charge in [0.15, 0.2) is 5.17 Å². The Labute approximate surface area is 159 Å². The van der Waals surface area contributed by atoms with Crippen molar-refractivity contribution in [2.75, 3.05) is 11.1 Å². The highest BCUT2D eigenvalue weighted by atomic mass is 32.2. The summed E-state index contributed by atoms with van der Waals surface area (Å²) >= 11 is 1.43. The zero-order valence-corrected chi connectivity index (χ0v) is 15.1. The monoisotopic (exact) mass is 386 g/mol. The van der Waals surface area contributed by atoms with Crippen LogP contribution in [0.4, 0.5) is 14.5 Å². The first-order valence-electron chi connectivity index (χ1n) is 8.45. The molecule has 0 aromatic heterocycles. The molecular formula is C19H16F2N4OS. The molecule has 2 aromatic rings. The number of hydrogen-bond acceptors (Lipinski definition) is 4. The van der Waals surface area contributed by atoms with Crippen LogP contribution >= 0.6 is 11.8 Å². The molecule has 8 heteroatoms. The van der Waals surface area contributed by atoms with Crippen LogP contribution in [0.5, 0.6) is 0 Å². The summed E-state index contributed by atoms with van der Waals surface area (Å²) in [6.07, 6.45) is 0.990. The van der Waals surface area contributed by atoms with Crippen molar-refractivity contribution >= 4 is 34.2 Å². The van der Waals surface area contributed by atoms with Gasteiger partial charge in [0.25, 0.3) is 0 Å². The molecular weight excluding hydrogens is 370 g/mol. The third-order valence-electron chi connectivity index (χ3n) is 4.35. The van der Waals surface area contributed by atoms with Gasteiger partial charge < -0.3 is 5.32 Å². The molecule has 2 heterocycles. The summed E-state index contributed by atoms with van der Waals surface area (Å²) in [7, 11) is 0. The van der Waals surface area contributed by atoms with Gasteiger partial charge in [0, 0.05) is 23.4 Å². The fourth-order valence-corrected chi connectivity index (χ4v) is 3.67. The van der Waals surface area contributed by atoms with Crippen LogP contribution in [-0.2, 0) is 17.8 Å². The largest absolute Gasteiger partial charge is 0.326 e. The molecule has 5 nitrogen and oxygen atoms in total. The van der Waals surface area contributed by atoms with Crippen LogP contribution < -0.4 is 10.7 Å². The van der Waals surface area contributed by atoms with E-state index in [1.165, 1.54) is 30.0 Å². The van der Waals surface area contributed by atoms with Crippen LogP contribution in [-0.4, -0.2) is 22.5 Å². The predicted molar refractivity (Wildman–Crippen MR) is 103 cm³/mol. The van der Waals surface area contributed by atoms with Crippen molar-refractivity contribution in [1.82, 2.24) is 5.43 Å². The third kappa shape index (κ3) is 4.00. The Kier molecular flexibility index (Phi) is 4.89. The number of rotatable bonds is 3. The van der Waals surface area contributed by atoms with E-state index in [-0.39, 0.29) is 11.7 Å². The van der Waals surface area contributed by atoms with Gasteiger partial charge in [-0.25, -0.2) is 8.78 Å². The number of hydrazone groups is 1. The highest BCUT2D eigenvalue weighted by molar-refractivity contribution is 8.14. The van der Waals surface area contributed by atoms with Gasteiger partial charge in [0.1, 0.15) is 11.6 Å². The Morgan fingerprint density at radius 2 is 1.96 bits per heavy atom. The first kappa shape index (κ1) is 17.7. The summed E-state index contributed by atoms with van der Waals surface area (Å²) in [5, 5.41) is 7.58. The lowest BCUT2D eigenvalue weighted by atomic mass is 9.98. The number of thioether (sulfide) groups is 1. The third-order valence-corrected chi connectivity index (χ3v) is 5.26. The van der Waals surface area contributed by atoms with Crippen molar-refractivity contribution in [2.45, 2.75) is 19.4 Å². The number of carbonyl (C=O) groups is 1. The van der Waals surface area contributed by atoms with Gasteiger partial charge in [-0.05, 0) is 41.8 Å². The Morgan fingerprint density at radius 3 is 2.70 bits per heavy atom. The lowest BCUT2D eigenvalue weighted by molar-refractivity contribution is -0.116.